The van der Waals surface area contributed by atoms with Gasteiger partial charge in [0.15, 0.2) is 0 Å². The van der Waals surface area contributed by atoms with Crippen molar-refractivity contribution in [1.82, 2.24) is 0 Å². The highest BCUT2D eigenvalue weighted by molar-refractivity contribution is 6.32. The van der Waals surface area contributed by atoms with Gasteiger partial charge in [0.05, 0.1) is 12.2 Å². The second kappa shape index (κ2) is 10.2. The van der Waals surface area contributed by atoms with Crippen molar-refractivity contribution < 1.29 is 19.4 Å². The van der Waals surface area contributed by atoms with E-state index in [-0.39, 0.29) is 17.9 Å². The summed E-state index contributed by atoms with van der Waals surface area (Å²) in [6.45, 7) is 8.07. The van der Waals surface area contributed by atoms with Crippen LogP contribution >= 0.6 is 11.6 Å². The second-order valence-electron chi connectivity index (χ2n) is 10.0. The minimum atomic E-state index is -0.942. The number of anilines is 2. The number of hydrogen-bond donors (Lipinski definition) is 1. The van der Waals surface area contributed by atoms with E-state index in [2.05, 4.69) is 38.8 Å². The Morgan fingerprint density at radius 1 is 1.06 bits per heavy atom. The maximum atomic E-state index is 12.9. The molecule has 0 spiro atoms. The molecule has 3 aromatic carbocycles. The topological polar surface area (TPSA) is 70.1 Å². The van der Waals surface area contributed by atoms with Crippen LogP contribution in [0.15, 0.2) is 66.7 Å². The molecule has 7 heteroatoms. The first-order chi connectivity index (χ1) is 17.1. The molecule has 0 saturated carbocycles. The Hall–Kier alpha value is -3.51. The van der Waals surface area contributed by atoms with Crippen molar-refractivity contribution in [2.24, 2.45) is 0 Å². The number of halogens is 1. The number of nitrogens with zero attached hydrogens (tertiary/aromatic N) is 2. The minimum absolute atomic E-state index is 0.0936. The number of likely N-dealkylation sites (N-methyl/N-ethyl adjacent to an activating group) is 1. The fraction of sp³-hybridized carbons (Fsp3) is 0.310. The molecule has 36 heavy (non-hydrogen) atoms. The van der Waals surface area contributed by atoms with E-state index in [0.717, 1.165) is 24.5 Å². The molecule has 3 aromatic rings. The Balaban J connectivity index is 0.000000229. The van der Waals surface area contributed by atoms with Gasteiger partial charge in [-0.1, -0.05) is 68.8 Å². The average molecular weight is 507 g/mol. The van der Waals surface area contributed by atoms with Crippen molar-refractivity contribution in [1.29, 1.82) is 0 Å². The largest absolute Gasteiger partial charge is 0.490 e. The molecule has 188 valence electrons. The molecule has 5 rings (SSSR count). The molecule has 0 bridgehead atoms. The van der Waals surface area contributed by atoms with Crippen molar-refractivity contribution in [3.8, 4) is 5.75 Å². The number of ether oxygens (including phenoxy) is 1. The molecule has 2 aliphatic rings. The highest BCUT2D eigenvalue weighted by Gasteiger charge is 2.36. The van der Waals surface area contributed by atoms with E-state index >= 15 is 0 Å². The van der Waals surface area contributed by atoms with Crippen LogP contribution in [0, 0.1) is 0 Å². The SMILES string of the molecule is CC(C)(C)c1ccc(N2CC(C(=O)O)c3ccccc3C2=O)cc1Cl.CN1CCOc2ccccc21. The van der Waals surface area contributed by atoms with E-state index in [1.54, 1.807) is 30.3 Å². The molecule has 1 unspecified atom stereocenters. The third-order valence-electron chi connectivity index (χ3n) is 6.51. The molecule has 1 N–H and O–H groups in total. The summed E-state index contributed by atoms with van der Waals surface area (Å²) in [6, 6.07) is 20.5. The number of carbonyl (C=O) groups is 2. The number of carboxylic acids is 1. The van der Waals surface area contributed by atoms with Gasteiger partial charge in [-0.25, -0.2) is 0 Å². The predicted octanol–water partition coefficient (Wildman–Crippen LogP) is 5.98. The number of benzene rings is 3. The smallest absolute Gasteiger partial charge is 0.312 e. The number of para-hydroxylation sites is 2. The van der Waals surface area contributed by atoms with Crippen molar-refractivity contribution in [2.45, 2.75) is 32.1 Å². The lowest BCUT2D eigenvalue weighted by molar-refractivity contribution is -0.138. The van der Waals surface area contributed by atoms with Crippen molar-refractivity contribution in [3.63, 3.8) is 0 Å². The minimum Gasteiger partial charge on any atom is -0.490 e. The Kier molecular flexibility index (Phi) is 7.27. The van der Waals surface area contributed by atoms with E-state index in [0.29, 0.717) is 21.8 Å². The zero-order chi connectivity index (χ0) is 26.0. The summed E-state index contributed by atoms with van der Waals surface area (Å²) in [7, 11) is 2.08. The van der Waals surface area contributed by atoms with Crippen LogP contribution in [0.2, 0.25) is 5.02 Å². The van der Waals surface area contributed by atoms with Gasteiger partial charge in [0.25, 0.3) is 5.91 Å². The standard InChI is InChI=1S/C20H20ClNO3.C9H11NO/c1-20(2,3)16-9-8-12(10-17(16)21)22-11-15(19(24)25)13-6-4-5-7-14(13)18(22)23;1-10-6-7-11-9-5-3-2-4-8(9)10/h4-10,15H,11H2,1-3H3,(H,24,25);2-5H,6-7H2,1H3. The van der Waals surface area contributed by atoms with E-state index < -0.39 is 11.9 Å². The first-order valence-corrected chi connectivity index (χ1v) is 12.3. The third-order valence-corrected chi connectivity index (χ3v) is 6.82. The summed E-state index contributed by atoms with van der Waals surface area (Å²) >= 11 is 6.43. The van der Waals surface area contributed by atoms with Gasteiger partial charge in [-0.2, -0.15) is 0 Å². The van der Waals surface area contributed by atoms with Crippen LogP contribution in [0.1, 0.15) is 48.2 Å². The summed E-state index contributed by atoms with van der Waals surface area (Å²) in [5.74, 6) is -0.897. The summed E-state index contributed by atoms with van der Waals surface area (Å²) in [4.78, 5) is 28.3. The van der Waals surface area contributed by atoms with Gasteiger partial charge in [-0.05, 0) is 46.9 Å². The average Bonchev–Trinajstić information content (AvgIpc) is 2.84. The van der Waals surface area contributed by atoms with Crippen LogP contribution in [0.5, 0.6) is 5.75 Å². The molecule has 6 nitrogen and oxygen atoms in total. The Bertz CT molecular complexity index is 1280. The Morgan fingerprint density at radius 3 is 2.42 bits per heavy atom. The van der Waals surface area contributed by atoms with Gasteiger partial charge >= 0.3 is 5.97 Å². The molecule has 1 amide bonds. The van der Waals surface area contributed by atoms with E-state index in [1.165, 1.54) is 10.6 Å². The van der Waals surface area contributed by atoms with Gasteiger partial charge in [-0.15, -0.1) is 0 Å². The van der Waals surface area contributed by atoms with E-state index in [1.807, 2.05) is 30.3 Å². The molecular formula is C29H31ClN2O4. The van der Waals surface area contributed by atoms with Gasteiger partial charge < -0.3 is 19.6 Å². The zero-order valence-electron chi connectivity index (χ0n) is 21.0. The number of carboxylic acid groups (broad SMARTS) is 1. The number of fused-ring (bicyclic) bond motifs is 2. The highest BCUT2D eigenvalue weighted by Crippen LogP contribution is 2.36. The summed E-state index contributed by atoms with van der Waals surface area (Å²) in [5, 5.41) is 10.2. The molecule has 0 fully saturated rings. The van der Waals surface area contributed by atoms with Crippen molar-refractivity contribution in [2.75, 3.05) is 36.5 Å². The molecule has 1 atom stereocenters. The molecular weight excluding hydrogens is 476 g/mol. The molecule has 0 aromatic heterocycles. The number of carbonyl (C=O) groups excluding carboxylic acids is 1. The maximum Gasteiger partial charge on any atom is 0.312 e. The predicted molar refractivity (Wildman–Crippen MR) is 144 cm³/mol. The second-order valence-corrected chi connectivity index (χ2v) is 10.5. The Morgan fingerprint density at radius 2 is 1.75 bits per heavy atom. The quantitative estimate of drug-likeness (QED) is 0.463. The highest BCUT2D eigenvalue weighted by atomic mass is 35.5. The summed E-state index contributed by atoms with van der Waals surface area (Å²) in [5.41, 5.74) is 3.67. The summed E-state index contributed by atoms with van der Waals surface area (Å²) in [6.07, 6.45) is 0. The van der Waals surface area contributed by atoms with Crippen LogP contribution in [0.3, 0.4) is 0 Å². The fourth-order valence-electron chi connectivity index (χ4n) is 4.53. The molecule has 0 radical (unpaired) electrons. The Labute approximate surface area is 217 Å². The van der Waals surface area contributed by atoms with Crippen LogP contribution in [0.4, 0.5) is 11.4 Å². The zero-order valence-corrected chi connectivity index (χ0v) is 21.7. The molecule has 2 aliphatic heterocycles. The van der Waals surface area contributed by atoms with Crippen molar-refractivity contribution >= 4 is 34.9 Å². The lowest BCUT2D eigenvalue weighted by Gasteiger charge is -2.33. The van der Waals surface area contributed by atoms with Gasteiger partial charge in [0.1, 0.15) is 18.3 Å². The number of aliphatic carboxylic acids is 1. The van der Waals surface area contributed by atoms with Gasteiger partial charge in [0.2, 0.25) is 0 Å². The van der Waals surface area contributed by atoms with Gasteiger partial charge in [-0.3, -0.25) is 9.59 Å². The summed E-state index contributed by atoms with van der Waals surface area (Å²) < 4.78 is 5.45. The van der Waals surface area contributed by atoms with E-state index in [4.69, 9.17) is 16.3 Å². The van der Waals surface area contributed by atoms with E-state index in [9.17, 15) is 14.7 Å². The molecule has 0 saturated heterocycles. The monoisotopic (exact) mass is 506 g/mol. The molecule has 2 heterocycles. The first-order valence-electron chi connectivity index (χ1n) is 11.9. The van der Waals surface area contributed by atoms with Crippen LogP contribution in [-0.4, -0.2) is 43.7 Å². The normalized spacial score (nSPS) is 16.8. The van der Waals surface area contributed by atoms with Crippen LogP contribution in [0.25, 0.3) is 0 Å². The van der Waals surface area contributed by atoms with Crippen LogP contribution in [-0.2, 0) is 10.2 Å². The van der Waals surface area contributed by atoms with Crippen LogP contribution < -0.4 is 14.5 Å². The number of hydrogen-bond acceptors (Lipinski definition) is 4. The van der Waals surface area contributed by atoms with Crippen molar-refractivity contribution in [3.05, 3.63) is 88.4 Å². The number of rotatable bonds is 2. The third kappa shape index (κ3) is 5.19. The lowest BCUT2D eigenvalue weighted by atomic mass is 9.86. The molecule has 0 aliphatic carbocycles. The van der Waals surface area contributed by atoms with Gasteiger partial charge in [0, 0.05) is 29.9 Å². The lowest BCUT2D eigenvalue weighted by Crippen LogP contribution is -2.42. The first kappa shape index (κ1) is 25.6. The number of amides is 1. The maximum absolute atomic E-state index is 12.9. The fourth-order valence-corrected chi connectivity index (χ4v) is 4.98.